The average molecular weight is 367 g/mol. The molecule has 3 N–H and O–H groups in total. The van der Waals surface area contributed by atoms with E-state index in [4.69, 9.17) is 14.3 Å². The number of ether oxygens (including phenoxy) is 1. The summed E-state index contributed by atoms with van der Waals surface area (Å²) in [5.74, 6) is -0.110. The van der Waals surface area contributed by atoms with Crippen molar-refractivity contribution in [3.63, 3.8) is 0 Å². The van der Waals surface area contributed by atoms with Crippen molar-refractivity contribution < 1.29 is 22.4 Å². The summed E-state index contributed by atoms with van der Waals surface area (Å²) >= 11 is 2.92. The van der Waals surface area contributed by atoms with Crippen molar-refractivity contribution >= 4 is 31.9 Å². The smallest absolute Gasteiger partial charge is 0.287 e. The molecule has 1 fully saturated rings. The number of nitrogens with two attached hydrogens (primary N) is 1. The highest BCUT2D eigenvalue weighted by Gasteiger charge is 2.22. The molecular formula is C11H15BrN2O5S. The Morgan fingerprint density at radius 2 is 2.30 bits per heavy atom. The van der Waals surface area contributed by atoms with E-state index in [0.29, 0.717) is 12.5 Å². The van der Waals surface area contributed by atoms with Gasteiger partial charge >= 0.3 is 0 Å². The van der Waals surface area contributed by atoms with Crippen LogP contribution in [0.4, 0.5) is 0 Å². The van der Waals surface area contributed by atoms with Crippen LogP contribution in [-0.4, -0.2) is 34.1 Å². The minimum absolute atomic E-state index is 0.0747. The molecule has 2 rings (SSSR count). The van der Waals surface area contributed by atoms with Gasteiger partial charge in [0.2, 0.25) is 10.0 Å². The molecular weight excluding hydrogens is 352 g/mol. The van der Waals surface area contributed by atoms with Crippen LogP contribution in [-0.2, 0) is 14.8 Å². The zero-order valence-electron chi connectivity index (χ0n) is 10.6. The van der Waals surface area contributed by atoms with Crippen LogP contribution in [0.2, 0.25) is 0 Å². The lowest BCUT2D eigenvalue weighted by atomic mass is 10.1. The van der Waals surface area contributed by atoms with E-state index in [1.165, 1.54) is 0 Å². The van der Waals surface area contributed by atoms with Crippen LogP contribution < -0.4 is 10.5 Å². The Kier molecular flexibility index (Phi) is 4.84. The molecule has 1 aliphatic heterocycles. The Balaban J connectivity index is 1.92. The molecule has 0 bridgehead atoms. The molecule has 0 saturated carbocycles. The fourth-order valence-corrected chi connectivity index (χ4v) is 3.45. The summed E-state index contributed by atoms with van der Waals surface area (Å²) in [4.78, 5) is 11.6. The number of amides is 1. The molecule has 0 radical (unpaired) electrons. The van der Waals surface area contributed by atoms with E-state index in [1.807, 2.05) is 0 Å². The van der Waals surface area contributed by atoms with E-state index in [2.05, 4.69) is 21.2 Å². The van der Waals surface area contributed by atoms with Crippen LogP contribution in [0.5, 0.6) is 0 Å². The van der Waals surface area contributed by atoms with Gasteiger partial charge in [0.05, 0.1) is 0 Å². The van der Waals surface area contributed by atoms with Gasteiger partial charge in [-0.15, -0.1) is 0 Å². The van der Waals surface area contributed by atoms with Crippen LogP contribution in [0.1, 0.15) is 23.4 Å². The largest absolute Gasteiger partial charge is 0.443 e. The van der Waals surface area contributed by atoms with E-state index >= 15 is 0 Å². The summed E-state index contributed by atoms with van der Waals surface area (Å²) in [5, 5.41) is 7.66. The first kappa shape index (κ1) is 15.5. The number of rotatable bonds is 5. The van der Waals surface area contributed by atoms with Gasteiger partial charge in [-0.3, -0.25) is 4.79 Å². The van der Waals surface area contributed by atoms with Gasteiger partial charge in [-0.05, 0) is 34.7 Å². The molecule has 0 aliphatic carbocycles. The molecule has 1 aromatic heterocycles. The van der Waals surface area contributed by atoms with Gasteiger partial charge in [0.1, 0.15) is 4.90 Å². The zero-order chi connectivity index (χ0) is 14.8. The molecule has 1 aromatic rings. The number of sulfonamides is 1. The van der Waals surface area contributed by atoms with Crippen LogP contribution in [0, 0.1) is 5.92 Å². The number of halogens is 1. The number of carbonyl (C=O) groups excluding carboxylic acids is 1. The van der Waals surface area contributed by atoms with Gasteiger partial charge in [0.15, 0.2) is 10.4 Å². The normalized spacial score (nSPS) is 19.2. The lowest BCUT2D eigenvalue weighted by Crippen LogP contribution is -2.25. The van der Waals surface area contributed by atoms with Gasteiger partial charge in [-0.2, -0.15) is 0 Å². The highest BCUT2D eigenvalue weighted by Crippen LogP contribution is 2.25. The molecule has 0 aromatic carbocycles. The Morgan fingerprint density at radius 3 is 2.85 bits per heavy atom. The van der Waals surface area contributed by atoms with E-state index in [0.717, 1.165) is 32.1 Å². The Hall–Kier alpha value is -0.900. The summed E-state index contributed by atoms with van der Waals surface area (Å²) in [5.41, 5.74) is 0. The number of hydrogen-bond acceptors (Lipinski definition) is 5. The second kappa shape index (κ2) is 6.25. The first-order valence-corrected chi connectivity index (χ1v) is 8.40. The van der Waals surface area contributed by atoms with Crippen molar-refractivity contribution in [2.75, 3.05) is 19.8 Å². The van der Waals surface area contributed by atoms with Crippen LogP contribution >= 0.6 is 15.9 Å². The van der Waals surface area contributed by atoms with Gasteiger partial charge < -0.3 is 14.5 Å². The highest BCUT2D eigenvalue weighted by atomic mass is 79.9. The quantitative estimate of drug-likeness (QED) is 0.801. The molecule has 0 spiro atoms. The van der Waals surface area contributed by atoms with Crippen molar-refractivity contribution in [2.24, 2.45) is 11.1 Å². The lowest BCUT2D eigenvalue weighted by molar-refractivity contribution is 0.0921. The summed E-state index contributed by atoms with van der Waals surface area (Å²) in [7, 11) is -3.92. The van der Waals surface area contributed by atoms with Gasteiger partial charge in [-0.1, -0.05) is 0 Å². The fraction of sp³-hybridized carbons (Fsp3) is 0.545. The summed E-state index contributed by atoms with van der Waals surface area (Å²) in [6.45, 7) is 1.97. The molecule has 1 amide bonds. The Labute approximate surface area is 125 Å². The number of carbonyl (C=O) groups is 1. The van der Waals surface area contributed by atoms with Crippen molar-refractivity contribution in [1.82, 2.24) is 5.32 Å². The summed E-state index contributed by atoms with van der Waals surface area (Å²) in [6.07, 6.45) is 1.81. The van der Waals surface area contributed by atoms with Gasteiger partial charge in [0.25, 0.3) is 5.91 Å². The molecule has 1 atom stereocenters. The van der Waals surface area contributed by atoms with Crippen molar-refractivity contribution in [1.29, 1.82) is 0 Å². The molecule has 112 valence electrons. The Bertz CT molecular complexity index is 592. The third kappa shape index (κ3) is 3.81. The first-order valence-electron chi connectivity index (χ1n) is 6.06. The van der Waals surface area contributed by atoms with Crippen molar-refractivity contribution in [3.8, 4) is 0 Å². The third-order valence-electron chi connectivity index (χ3n) is 3.05. The van der Waals surface area contributed by atoms with Crippen molar-refractivity contribution in [2.45, 2.75) is 17.7 Å². The molecule has 1 aliphatic rings. The van der Waals surface area contributed by atoms with Crippen LogP contribution in [0.3, 0.4) is 0 Å². The maximum absolute atomic E-state index is 11.8. The number of nitrogens with one attached hydrogen (secondary N) is 1. The molecule has 1 unspecified atom stereocenters. The predicted octanol–water partition coefficient (Wildman–Crippen LogP) is 0.846. The number of furan rings is 1. The average Bonchev–Trinajstić information content (AvgIpc) is 2.97. The minimum atomic E-state index is -3.92. The topological polar surface area (TPSA) is 112 Å². The maximum Gasteiger partial charge on any atom is 0.287 e. The minimum Gasteiger partial charge on any atom is -0.443 e. The molecule has 2 heterocycles. The lowest BCUT2D eigenvalue weighted by Gasteiger charge is -2.07. The first-order chi connectivity index (χ1) is 9.38. The second-order valence-electron chi connectivity index (χ2n) is 4.57. The number of primary sulfonamides is 1. The maximum atomic E-state index is 11.8. The van der Waals surface area contributed by atoms with Crippen LogP contribution in [0.25, 0.3) is 0 Å². The third-order valence-corrected chi connectivity index (χ3v) is 4.82. The van der Waals surface area contributed by atoms with E-state index < -0.39 is 15.9 Å². The standard InChI is InChI=1S/C11H15BrN2O5S/c12-10-9(20(13,16)17)5-8(19-10)11(15)14-3-1-7-2-4-18-6-7/h5,7H,1-4,6H2,(H,14,15)(H2,13,16,17). The summed E-state index contributed by atoms with van der Waals surface area (Å²) < 4.78 is 32.6. The molecule has 20 heavy (non-hydrogen) atoms. The van der Waals surface area contributed by atoms with Gasteiger partial charge in [-0.25, -0.2) is 13.6 Å². The van der Waals surface area contributed by atoms with Gasteiger partial charge in [0, 0.05) is 25.8 Å². The highest BCUT2D eigenvalue weighted by molar-refractivity contribution is 9.10. The Morgan fingerprint density at radius 1 is 1.55 bits per heavy atom. The zero-order valence-corrected chi connectivity index (χ0v) is 13.0. The fourth-order valence-electron chi connectivity index (χ4n) is 1.95. The van der Waals surface area contributed by atoms with E-state index in [1.54, 1.807) is 0 Å². The number of hydrogen-bond donors (Lipinski definition) is 2. The molecule has 9 heteroatoms. The van der Waals surface area contributed by atoms with Crippen molar-refractivity contribution in [3.05, 3.63) is 16.5 Å². The second-order valence-corrected chi connectivity index (χ2v) is 6.82. The SMILES string of the molecule is NS(=O)(=O)c1cc(C(=O)NCCC2CCOC2)oc1Br. The molecule has 7 nitrogen and oxygen atoms in total. The molecule has 1 saturated heterocycles. The van der Waals surface area contributed by atoms with E-state index in [9.17, 15) is 13.2 Å². The van der Waals surface area contributed by atoms with E-state index in [-0.39, 0.29) is 15.3 Å². The summed E-state index contributed by atoms with van der Waals surface area (Å²) in [6, 6.07) is 1.10. The predicted molar refractivity (Wildman–Crippen MR) is 73.7 cm³/mol. The monoisotopic (exact) mass is 366 g/mol. The van der Waals surface area contributed by atoms with Crippen LogP contribution in [0.15, 0.2) is 20.0 Å².